The Hall–Kier alpha value is -2.85. The van der Waals surface area contributed by atoms with E-state index in [1.165, 1.54) is 16.2 Å². The fourth-order valence-electron chi connectivity index (χ4n) is 8.03. The number of amides is 2. The number of anilines is 1. The number of nitrogens with zero attached hydrogens (tertiary/aromatic N) is 1. The van der Waals surface area contributed by atoms with Crippen molar-refractivity contribution >= 4 is 68.1 Å². The molecule has 8 rings (SSSR count). The lowest BCUT2D eigenvalue weighted by atomic mass is 9.68. The normalized spacial score (nSPS) is 28.6. The molecule has 2 bridgehead atoms. The number of hydrogen-bond acceptors (Lipinski definition) is 6. The third-order valence-electron chi connectivity index (χ3n) is 9.76. The van der Waals surface area contributed by atoms with Crippen molar-refractivity contribution in [1.82, 2.24) is 4.98 Å². The molecule has 6 unspecified atom stereocenters. The van der Waals surface area contributed by atoms with E-state index in [9.17, 15) is 14.4 Å². The zero-order chi connectivity index (χ0) is 29.6. The molecule has 6 nitrogen and oxygen atoms in total. The Bertz CT molecular complexity index is 1860. The van der Waals surface area contributed by atoms with Gasteiger partial charge in [0.05, 0.1) is 22.5 Å². The highest BCUT2D eigenvalue weighted by atomic mass is 79.9. The SMILES string of the molecule is Cc1ccccc1COc1ccc(Br)cc1[C@H]1c2sc(=O)[nH]c2SC2C3CC(C4C(=O)N(c5ccc(Cl)cc5)C(=O)C34)C21. The summed E-state index contributed by atoms with van der Waals surface area (Å²) < 4.78 is 7.44. The third kappa shape index (κ3) is 4.30. The molecule has 3 heterocycles. The van der Waals surface area contributed by atoms with Gasteiger partial charge in [-0.25, -0.2) is 0 Å². The summed E-state index contributed by atoms with van der Waals surface area (Å²) in [6.45, 7) is 2.50. The first-order valence-electron chi connectivity index (χ1n) is 14.3. The van der Waals surface area contributed by atoms with Gasteiger partial charge in [-0.15, -0.1) is 11.8 Å². The average molecular weight is 694 g/mol. The highest BCUT2D eigenvalue weighted by Crippen LogP contribution is 2.69. The Balaban J connectivity index is 1.20. The Kier molecular flexibility index (Phi) is 6.67. The maximum atomic E-state index is 14.0. The lowest BCUT2D eigenvalue weighted by Crippen LogP contribution is -2.42. The summed E-state index contributed by atoms with van der Waals surface area (Å²) in [5.41, 5.74) is 3.85. The molecule has 3 fully saturated rings. The number of nitrogens with one attached hydrogen (secondary N) is 1. The molecule has 2 amide bonds. The van der Waals surface area contributed by atoms with Crippen molar-refractivity contribution in [3.63, 3.8) is 0 Å². The van der Waals surface area contributed by atoms with Crippen LogP contribution in [0.2, 0.25) is 5.02 Å². The van der Waals surface area contributed by atoms with E-state index in [1.54, 1.807) is 36.0 Å². The minimum atomic E-state index is -0.377. The number of thioether (sulfide) groups is 1. The number of carbonyl (C=O) groups excluding carboxylic acids is 2. The fraction of sp³-hybridized carbons (Fsp3) is 0.303. The summed E-state index contributed by atoms with van der Waals surface area (Å²) in [6, 6.07) is 21.2. The standard InChI is InChI=1S/C33H26BrClN2O4S2/c1-15-4-2-3-5-16(15)14-41-23-11-6-17(34)12-20(23)24-25-21-13-22(28(25)42-30-29(24)43-33(40)36-30)27-26(21)31(38)37(32(27)39)19-9-7-18(35)8-10-19/h2-12,21-22,24-28H,13-14H2,1H3,(H,36,40)/t21?,22?,24-,25?,26?,27?,28?/m1/s1. The van der Waals surface area contributed by atoms with Gasteiger partial charge in [-0.1, -0.05) is 63.1 Å². The largest absolute Gasteiger partial charge is 0.489 e. The maximum absolute atomic E-state index is 14.0. The van der Waals surface area contributed by atoms with E-state index >= 15 is 0 Å². The van der Waals surface area contributed by atoms with Gasteiger partial charge in [0.2, 0.25) is 11.8 Å². The molecule has 10 heteroatoms. The quantitative estimate of drug-likeness (QED) is 0.220. The number of hydrogen-bond donors (Lipinski definition) is 1. The molecule has 4 aliphatic rings. The topological polar surface area (TPSA) is 79.5 Å². The Morgan fingerprint density at radius 1 is 1.00 bits per heavy atom. The predicted molar refractivity (Wildman–Crippen MR) is 172 cm³/mol. The van der Waals surface area contributed by atoms with Gasteiger partial charge in [0.1, 0.15) is 12.4 Å². The van der Waals surface area contributed by atoms with Crippen molar-refractivity contribution < 1.29 is 14.3 Å². The molecule has 1 aromatic heterocycles. The number of thiazole rings is 1. The van der Waals surface area contributed by atoms with Gasteiger partial charge in [-0.05, 0) is 84.7 Å². The van der Waals surface area contributed by atoms with Crippen LogP contribution in [-0.4, -0.2) is 22.0 Å². The average Bonchev–Trinajstić information content (AvgIpc) is 3.72. The molecule has 2 aliphatic carbocycles. The van der Waals surface area contributed by atoms with Gasteiger partial charge >= 0.3 is 4.87 Å². The first-order valence-corrected chi connectivity index (χ1v) is 17.2. The van der Waals surface area contributed by atoms with Crippen molar-refractivity contribution in [3.05, 3.63) is 107 Å². The van der Waals surface area contributed by atoms with E-state index in [0.29, 0.717) is 17.3 Å². The van der Waals surface area contributed by atoms with E-state index in [2.05, 4.69) is 46.0 Å². The Morgan fingerprint density at radius 2 is 1.74 bits per heavy atom. The molecule has 1 saturated heterocycles. The number of halogens is 2. The lowest BCUT2D eigenvalue weighted by Gasteiger charge is -2.43. The van der Waals surface area contributed by atoms with E-state index in [1.807, 2.05) is 24.3 Å². The lowest BCUT2D eigenvalue weighted by molar-refractivity contribution is -0.123. The molecule has 7 atom stereocenters. The summed E-state index contributed by atoms with van der Waals surface area (Å²) in [7, 11) is 0. The molecule has 0 radical (unpaired) electrons. The molecule has 43 heavy (non-hydrogen) atoms. The number of aryl methyl sites for hydroxylation is 1. The van der Waals surface area contributed by atoms with Crippen molar-refractivity contribution in [2.24, 2.45) is 29.6 Å². The third-order valence-corrected chi connectivity index (χ3v) is 13.1. The van der Waals surface area contributed by atoms with Crippen LogP contribution in [0.15, 0.2) is 81.0 Å². The minimum absolute atomic E-state index is 0.0137. The van der Waals surface area contributed by atoms with Crippen molar-refractivity contribution in [3.8, 4) is 5.75 Å². The number of aromatic amines is 1. The fourth-order valence-corrected chi connectivity index (χ4v) is 11.4. The summed E-state index contributed by atoms with van der Waals surface area (Å²) >= 11 is 12.7. The number of H-pyrrole nitrogens is 1. The Morgan fingerprint density at radius 3 is 2.51 bits per heavy atom. The van der Waals surface area contributed by atoms with Gasteiger partial charge in [0, 0.05) is 31.1 Å². The summed E-state index contributed by atoms with van der Waals surface area (Å²) in [4.78, 5) is 46.0. The van der Waals surface area contributed by atoms with Gasteiger partial charge in [-0.3, -0.25) is 19.3 Å². The van der Waals surface area contributed by atoms with Gasteiger partial charge in [0.15, 0.2) is 0 Å². The van der Waals surface area contributed by atoms with Gasteiger partial charge in [-0.2, -0.15) is 0 Å². The second kappa shape index (κ2) is 10.4. The van der Waals surface area contributed by atoms with Crippen LogP contribution in [0.3, 0.4) is 0 Å². The number of aromatic nitrogens is 1. The monoisotopic (exact) mass is 692 g/mol. The van der Waals surface area contributed by atoms with Crippen molar-refractivity contribution in [2.75, 3.05) is 4.90 Å². The summed E-state index contributed by atoms with van der Waals surface area (Å²) in [5.74, 6) is -0.205. The molecule has 4 aromatic rings. The van der Waals surface area contributed by atoms with Crippen LogP contribution in [0.1, 0.15) is 33.9 Å². The van der Waals surface area contributed by atoms with E-state index < -0.39 is 0 Å². The zero-order valence-electron chi connectivity index (χ0n) is 23.0. The molecule has 218 valence electrons. The maximum Gasteiger partial charge on any atom is 0.305 e. The highest BCUT2D eigenvalue weighted by Gasteiger charge is 2.69. The van der Waals surface area contributed by atoms with Crippen LogP contribution < -0.4 is 14.5 Å². The van der Waals surface area contributed by atoms with E-state index in [4.69, 9.17) is 16.3 Å². The summed E-state index contributed by atoms with van der Waals surface area (Å²) in [6.07, 6.45) is 0.826. The summed E-state index contributed by atoms with van der Waals surface area (Å²) in [5, 5.41) is 1.53. The van der Waals surface area contributed by atoms with Crippen LogP contribution >= 0.6 is 50.6 Å². The molecular weight excluding hydrogens is 668 g/mol. The minimum Gasteiger partial charge on any atom is -0.489 e. The molecule has 3 aromatic carbocycles. The van der Waals surface area contributed by atoms with Gasteiger partial charge < -0.3 is 9.72 Å². The van der Waals surface area contributed by atoms with Crippen molar-refractivity contribution in [1.29, 1.82) is 0 Å². The first-order chi connectivity index (χ1) is 20.8. The van der Waals surface area contributed by atoms with E-state index in [-0.39, 0.29) is 57.4 Å². The van der Waals surface area contributed by atoms with Crippen LogP contribution in [0, 0.1) is 36.5 Å². The van der Waals surface area contributed by atoms with Crippen LogP contribution in [-0.2, 0) is 16.2 Å². The number of carbonyl (C=O) groups is 2. The molecule has 1 N–H and O–H groups in total. The predicted octanol–water partition coefficient (Wildman–Crippen LogP) is 7.42. The Labute approximate surface area is 269 Å². The molecule has 2 saturated carbocycles. The zero-order valence-corrected chi connectivity index (χ0v) is 26.9. The number of ether oxygens (including phenoxy) is 1. The molecular formula is C33H26BrClN2O4S2. The van der Waals surface area contributed by atoms with Crippen LogP contribution in [0.5, 0.6) is 5.75 Å². The van der Waals surface area contributed by atoms with Crippen LogP contribution in [0.25, 0.3) is 0 Å². The molecule has 2 aliphatic heterocycles. The second-order valence-corrected chi connectivity index (χ2v) is 15.4. The van der Waals surface area contributed by atoms with E-state index in [0.717, 1.165) is 43.2 Å². The number of fused-ring (bicyclic) bond motifs is 9. The van der Waals surface area contributed by atoms with Crippen LogP contribution in [0.4, 0.5) is 5.69 Å². The smallest absolute Gasteiger partial charge is 0.305 e. The highest BCUT2D eigenvalue weighted by molar-refractivity contribution is 9.10. The number of benzene rings is 3. The number of imide groups is 1. The first kappa shape index (κ1) is 27.7. The molecule has 0 spiro atoms. The van der Waals surface area contributed by atoms with Crippen molar-refractivity contribution in [2.45, 2.75) is 36.1 Å². The van der Waals surface area contributed by atoms with Gasteiger partial charge in [0.25, 0.3) is 0 Å². The second-order valence-electron chi connectivity index (χ2n) is 11.8. The number of rotatable bonds is 5.